The molecule has 3 aliphatic rings. The minimum Gasteiger partial charge on any atom is -0.454 e. The van der Waals surface area contributed by atoms with Gasteiger partial charge >= 0.3 is 0 Å². The van der Waals surface area contributed by atoms with Crippen LogP contribution in [0.4, 0.5) is 4.39 Å². The molecule has 0 saturated carbocycles. The monoisotopic (exact) mass is 505 g/mol. The number of hydrazine groups is 1. The lowest BCUT2D eigenvalue weighted by Crippen LogP contribution is -2.67. The van der Waals surface area contributed by atoms with Crippen LogP contribution < -0.4 is 21.3 Å². The highest BCUT2D eigenvalue weighted by Gasteiger charge is 2.51. The van der Waals surface area contributed by atoms with E-state index in [0.29, 0.717) is 18.8 Å². The van der Waals surface area contributed by atoms with Gasteiger partial charge in [-0.05, 0) is 48.2 Å². The zero-order valence-electron chi connectivity index (χ0n) is 20.5. The number of benzene rings is 2. The lowest BCUT2D eigenvalue weighted by molar-refractivity contribution is -0.132. The summed E-state index contributed by atoms with van der Waals surface area (Å²) >= 11 is 0. The van der Waals surface area contributed by atoms with E-state index in [-0.39, 0.29) is 35.6 Å². The van der Waals surface area contributed by atoms with Crippen LogP contribution in [0, 0.1) is 23.6 Å². The number of hydrogen-bond donors (Lipinski definition) is 3. The van der Waals surface area contributed by atoms with Gasteiger partial charge in [0, 0.05) is 32.3 Å². The molecule has 2 aromatic carbocycles. The van der Waals surface area contributed by atoms with Crippen LogP contribution in [0.3, 0.4) is 0 Å². The Balaban J connectivity index is 1.45. The number of fused-ring (bicyclic) bond motifs is 1. The lowest BCUT2D eigenvalue weighted by Gasteiger charge is -2.40. The van der Waals surface area contributed by atoms with Crippen LogP contribution in [0.1, 0.15) is 12.5 Å². The molecule has 0 spiro atoms. The Morgan fingerprint density at radius 1 is 1.16 bits per heavy atom. The van der Waals surface area contributed by atoms with Crippen LogP contribution in [-0.4, -0.2) is 66.2 Å². The molecule has 0 bridgehead atoms. The van der Waals surface area contributed by atoms with E-state index in [1.807, 2.05) is 23.2 Å². The van der Waals surface area contributed by atoms with Crippen molar-refractivity contribution in [1.82, 2.24) is 20.7 Å². The summed E-state index contributed by atoms with van der Waals surface area (Å²) in [5.74, 6) is 4.54. The summed E-state index contributed by atoms with van der Waals surface area (Å²) in [4.78, 5) is 29.1. The SMILES string of the molecule is CC#CC(=O)N1C[C@H](OC)[C@@H](N2C=C(c3ccc(Oc4ccccc4F)cc3)C3C(N)NNC(=O)C32)C1. The molecule has 9 nitrogen and oxygen atoms in total. The molecule has 3 aliphatic heterocycles. The van der Waals surface area contributed by atoms with Gasteiger partial charge in [0.15, 0.2) is 11.6 Å². The topological polar surface area (TPSA) is 109 Å². The number of nitrogens with two attached hydrogens (primary N) is 1. The lowest BCUT2D eigenvalue weighted by atomic mass is 9.86. The number of ether oxygens (including phenoxy) is 2. The van der Waals surface area contributed by atoms with Crippen LogP contribution >= 0.6 is 0 Å². The molecule has 0 aliphatic carbocycles. The molecular weight excluding hydrogens is 477 g/mol. The molecule has 0 aromatic heterocycles. The number of carbonyl (C=O) groups excluding carboxylic acids is 2. The second-order valence-corrected chi connectivity index (χ2v) is 9.15. The van der Waals surface area contributed by atoms with Crippen LogP contribution in [0.2, 0.25) is 0 Å². The molecule has 4 N–H and O–H groups in total. The molecular formula is C27H28FN5O4. The number of nitrogens with one attached hydrogen (secondary N) is 2. The zero-order valence-corrected chi connectivity index (χ0v) is 20.5. The van der Waals surface area contributed by atoms with Gasteiger partial charge in [-0.25, -0.2) is 9.82 Å². The van der Waals surface area contributed by atoms with Crippen molar-refractivity contribution < 1.29 is 23.5 Å². The average Bonchev–Trinajstić information content (AvgIpc) is 3.51. The first-order valence-electron chi connectivity index (χ1n) is 12.0. The van der Waals surface area contributed by atoms with Gasteiger partial charge in [-0.1, -0.05) is 30.2 Å². The minimum atomic E-state index is -0.587. The van der Waals surface area contributed by atoms with Crippen molar-refractivity contribution in [3.05, 3.63) is 66.1 Å². The highest BCUT2D eigenvalue weighted by Crippen LogP contribution is 2.41. The molecule has 37 heavy (non-hydrogen) atoms. The first kappa shape index (κ1) is 24.8. The van der Waals surface area contributed by atoms with Gasteiger partial charge in [0.05, 0.1) is 18.3 Å². The van der Waals surface area contributed by atoms with Crippen LogP contribution in [0.5, 0.6) is 11.5 Å². The van der Waals surface area contributed by atoms with Gasteiger partial charge in [0.2, 0.25) is 0 Å². The van der Waals surface area contributed by atoms with E-state index in [4.69, 9.17) is 15.2 Å². The Kier molecular flexibility index (Phi) is 6.84. The summed E-state index contributed by atoms with van der Waals surface area (Å²) < 4.78 is 25.4. The smallest absolute Gasteiger partial charge is 0.298 e. The summed E-state index contributed by atoms with van der Waals surface area (Å²) in [5.41, 5.74) is 13.7. The van der Waals surface area contributed by atoms with Crippen molar-refractivity contribution in [1.29, 1.82) is 0 Å². The maximum Gasteiger partial charge on any atom is 0.298 e. The van der Waals surface area contributed by atoms with Crippen molar-refractivity contribution in [2.75, 3.05) is 20.2 Å². The standard InChI is InChI=1S/C27H28FN5O4/c1-3-6-23(34)32-14-20(22(15-32)36-2)33-13-18(24-25(33)27(35)31-30-26(24)29)16-9-11-17(12-10-16)37-21-8-5-4-7-19(21)28/h4-5,7-13,20,22,24-26,30H,14-15,29H2,1-2H3,(H,31,35)/t20-,22-,24?,25?,26?/m0/s1. The van der Waals surface area contributed by atoms with Gasteiger partial charge in [-0.3, -0.25) is 15.0 Å². The Hall–Kier alpha value is -3.91. The Morgan fingerprint density at radius 3 is 2.62 bits per heavy atom. The maximum atomic E-state index is 14.0. The number of methoxy groups -OCH3 is 1. The zero-order chi connectivity index (χ0) is 26.1. The van der Waals surface area contributed by atoms with Crippen molar-refractivity contribution >= 4 is 17.4 Å². The molecule has 5 rings (SSSR count). The van der Waals surface area contributed by atoms with E-state index in [1.165, 1.54) is 6.07 Å². The molecule has 2 amide bonds. The van der Waals surface area contributed by atoms with Gasteiger partial charge in [0.25, 0.3) is 11.8 Å². The molecule has 2 saturated heterocycles. The predicted molar refractivity (Wildman–Crippen MR) is 134 cm³/mol. The largest absolute Gasteiger partial charge is 0.454 e. The van der Waals surface area contributed by atoms with Crippen molar-refractivity contribution in [2.45, 2.75) is 31.3 Å². The number of likely N-dealkylation sites (tertiary alicyclic amines) is 1. The highest BCUT2D eigenvalue weighted by atomic mass is 19.1. The van der Waals surface area contributed by atoms with Crippen molar-refractivity contribution in [3.63, 3.8) is 0 Å². The van der Waals surface area contributed by atoms with Gasteiger partial charge in [0.1, 0.15) is 11.8 Å². The normalized spacial score (nSPS) is 26.6. The Bertz CT molecular complexity index is 1290. The fourth-order valence-electron chi connectivity index (χ4n) is 5.25. The van der Waals surface area contributed by atoms with Crippen LogP contribution in [0.15, 0.2) is 54.7 Å². The summed E-state index contributed by atoms with van der Waals surface area (Å²) in [7, 11) is 1.60. The molecule has 3 unspecified atom stereocenters. The minimum absolute atomic E-state index is 0.135. The van der Waals surface area contributed by atoms with E-state index in [2.05, 4.69) is 22.7 Å². The second-order valence-electron chi connectivity index (χ2n) is 9.15. The van der Waals surface area contributed by atoms with Crippen molar-refractivity contribution in [2.24, 2.45) is 11.7 Å². The Labute approximate surface area is 214 Å². The third-order valence-electron chi connectivity index (χ3n) is 7.02. The Morgan fingerprint density at radius 2 is 1.92 bits per heavy atom. The van der Waals surface area contributed by atoms with Gasteiger partial charge < -0.3 is 25.0 Å². The van der Waals surface area contributed by atoms with E-state index < -0.39 is 18.0 Å². The molecule has 2 fully saturated rings. The summed E-state index contributed by atoms with van der Waals surface area (Å²) in [6, 6.07) is 12.6. The predicted octanol–water partition coefficient (Wildman–Crippen LogP) is 1.43. The van der Waals surface area contributed by atoms with Gasteiger partial charge in [-0.2, -0.15) is 0 Å². The number of carbonyl (C=O) groups is 2. The first-order chi connectivity index (χ1) is 17.9. The van der Waals surface area contributed by atoms with E-state index in [1.54, 1.807) is 49.3 Å². The third-order valence-corrected chi connectivity index (χ3v) is 7.02. The van der Waals surface area contributed by atoms with Crippen LogP contribution in [-0.2, 0) is 14.3 Å². The number of rotatable bonds is 5. The molecule has 192 valence electrons. The number of amides is 2. The maximum absolute atomic E-state index is 14.0. The molecule has 2 aromatic rings. The highest BCUT2D eigenvalue weighted by molar-refractivity contribution is 5.94. The fraction of sp³-hybridized carbons (Fsp3) is 0.333. The quantitative estimate of drug-likeness (QED) is 0.528. The molecule has 10 heteroatoms. The number of para-hydroxylation sites is 1. The average molecular weight is 506 g/mol. The number of halogens is 1. The summed E-state index contributed by atoms with van der Waals surface area (Å²) in [5, 5.41) is 0. The van der Waals surface area contributed by atoms with Gasteiger partial charge in [-0.15, -0.1) is 0 Å². The third kappa shape index (κ3) is 4.64. The summed E-state index contributed by atoms with van der Waals surface area (Å²) in [6.07, 6.45) is 1.08. The first-order valence-corrected chi connectivity index (χ1v) is 12.0. The molecule has 5 atom stereocenters. The second kappa shape index (κ2) is 10.2. The van der Waals surface area contributed by atoms with E-state index in [9.17, 15) is 14.0 Å². The number of hydrogen-bond acceptors (Lipinski definition) is 7. The fourth-order valence-corrected chi connectivity index (χ4v) is 5.25. The number of nitrogens with zero attached hydrogens (tertiary/aromatic N) is 2. The molecule has 0 radical (unpaired) electrons. The summed E-state index contributed by atoms with van der Waals surface area (Å²) in [6.45, 7) is 2.36. The van der Waals surface area contributed by atoms with E-state index in [0.717, 1.165) is 11.1 Å². The van der Waals surface area contributed by atoms with Crippen molar-refractivity contribution in [3.8, 4) is 23.3 Å². The van der Waals surface area contributed by atoms with E-state index >= 15 is 0 Å². The molecule has 3 heterocycles. The van der Waals surface area contributed by atoms with Crippen LogP contribution in [0.25, 0.3) is 5.57 Å².